The van der Waals surface area contributed by atoms with Gasteiger partial charge in [-0.1, -0.05) is 11.3 Å². The van der Waals surface area contributed by atoms with Crippen LogP contribution in [0.25, 0.3) is 0 Å². The van der Waals surface area contributed by atoms with Crippen molar-refractivity contribution < 1.29 is 14.3 Å². The summed E-state index contributed by atoms with van der Waals surface area (Å²) in [6, 6.07) is 7.55. The number of hydrogen-bond acceptors (Lipinski definition) is 7. The molecule has 0 spiro atoms. The van der Waals surface area contributed by atoms with Crippen LogP contribution in [0.1, 0.15) is 23.1 Å². The van der Waals surface area contributed by atoms with E-state index in [2.05, 4.69) is 15.5 Å². The number of methoxy groups -OCH3 is 1. The molecule has 0 saturated heterocycles. The van der Waals surface area contributed by atoms with E-state index >= 15 is 0 Å². The summed E-state index contributed by atoms with van der Waals surface area (Å²) in [6.07, 6.45) is 1.93. The monoisotopic (exact) mass is 333 g/mol. The molecule has 122 valence electrons. The Morgan fingerprint density at radius 2 is 2.13 bits per heavy atom. The van der Waals surface area contributed by atoms with Gasteiger partial charge in [-0.2, -0.15) is 5.10 Å². The molecule has 0 atom stereocenters. The van der Waals surface area contributed by atoms with E-state index in [0.717, 1.165) is 21.9 Å². The summed E-state index contributed by atoms with van der Waals surface area (Å²) in [7, 11) is 1.63. The number of aromatic nitrogens is 1. The molecule has 0 unspecified atom stereocenters. The number of rotatable bonds is 7. The molecule has 1 aromatic heterocycles. The Balaban J connectivity index is 1.95. The van der Waals surface area contributed by atoms with E-state index in [4.69, 9.17) is 9.47 Å². The van der Waals surface area contributed by atoms with Crippen molar-refractivity contribution in [3.05, 3.63) is 40.4 Å². The lowest BCUT2D eigenvalue weighted by molar-refractivity contribution is -0.142. The summed E-state index contributed by atoms with van der Waals surface area (Å²) >= 11 is 1.40. The highest BCUT2D eigenvalue weighted by atomic mass is 32.1. The zero-order valence-electron chi connectivity index (χ0n) is 13.3. The van der Waals surface area contributed by atoms with E-state index in [1.165, 1.54) is 11.3 Å². The number of nitrogens with zero attached hydrogens (tertiary/aromatic N) is 2. The van der Waals surface area contributed by atoms with Crippen molar-refractivity contribution in [3.8, 4) is 5.75 Å². The van der Waals surface area contributed by atoms with E-state index in [9.17, 15) is 4.79 Å². The van der Waals surface area contributed by atoms with Crippen molar-refractivity contribution in [2.24, 2.45) is 5.10 Å². The number of carbonyl (C=O) groups excluding carboxylic acids is 1. The molecule has 1 N–H and O–H groups in total. The molecule has 0 aliphatic carbocycles. The Kier molecular flexibility index (Phi) is 6.10. The highest BCUT2D eigenvalue weighted by molar-refractivity contribution is 7.15. The second-order valence-corrected chi connectivity index (χ2v) is 5.74. The van der Waals surface area contributed by atoms with Gasteiger partial charge in [-0.05, 0) is 43.7 Å². The molecular weight excluding hydrogens is 314 g/mol. The topological polar surface area (TPSA) is 72.8 Å². The smallest absolute Gasteiger partial charge is 0.311 e. The van der Waals surface area contributed by atoms with Crippen LogP contribution in [0.15, 0.2) is 29.4 Å². The summed E-state index contributed by atoms with van der Waals surface area (Å²) in [4.78, 5) is 16.8. The van der Waals surface area contributed by atoms with Crippen molar-refractivity contribution in [2.75, 3.05) is 19.1 Å². The molecule has 7 heteroatoms. The van der Waals surface area contributed by atoms with Crippen molar-refractivity contribution in [2.45, 2.75) is 20.3 Å². The van der Waals surface area contributed by atoms with E-state index in [1.807, 2.05) is 31.2 Å². The number of esters is 1. The summed E-state index contributed by atoms with van der Waals surface area (Å²) in [5.41, 5.74) is 4.63. The number of anilines is 1. The van der Waals surface area contributed by atoms with Crippen LogP contribution in [0.3, 0.4) is 0 Å². The van der Waals surface area contributed by atoms with Gasteiger partial charge in [0.25, 0.3) is 0 Å². The number of ether oxygens (including phenoxy) is 2. The van der Waals surface area contributed by atoms with Crippen LogP contribution >= 0.6 is 11.3 Å². The molecule has 2 aromatic rings. The number of hydrazone groups is 1. The Morgan fingerprint density at radius 3 is 2.78 bits per heavy atom. The zero-order valence-corrected chi connectivity index (χ0v) is 14.1. The normalized spacial score (nSPS) is 10.7. The SMILES string of the molecule is CCOC(=O)Cc1sc(N/N=C/c2ccc(OC)cc2)nc1C. The van der Waals surface area contributed by atoms with Crippen LogP contribution in [0.2, 0.25) is 0 Å². The molecule has 0 fully saturated rings. The van der Waals surface area contributed by atoms with Crippen LogP contribution in [0.4, 0.5) is 5.13 Å². The van der Waals surface area contributed by atoms with E-state index in [-0.39, 0.29) is 12.4 Å². The minimum Gasteiger partial charge on any atom is -0.497 e. The molecule has 0 saturated carbocycles. The maximum Gasteiger partial charge on any atom is 0.311 e. The van der Waals surface area contributed by atoms with Gasteiger partial charge in [-0.25, -0.2) is 4.98 Å². The first kappa shape index (κ1) is 17.0. The second kappa shape index (κ2) is 8.28. The summed E-state index contributed by atoms with van der Waals surface area (Å²) in [5.74, 6) is 0.557. The Hall–Kier alpha value is -2.41. The van der Waals surface area contributed by atoms with Crippen LogP contribution in [0, 0.1) is 6.92 Å². The van der Waals surface area contributed by atoms with Gasteiger partial charge in [-0.3, -0.25) is 10.2 Å². The molecule has 0 amide bonds. The largest absolute Gasteiger partial charge is 0.497 e. The van der Waals surface area contributed by atoms with Gasteiger partial charge in [0.2, 0.25) is 5.13 Å². The highest BCUT2D eigenvalue weighted by Crippen LogP contribution is 2.23. The Bertz CT molecular complexity index is 680. The predicted molar refractivity (Wildman–Crippen MR) is 91.4 cm³/mol. The first-order chi connectivity index (χ1) is 11.1. The first-order valence-corrected chi connectivity index (χ1v) is 7.99. The molecule has 0 aliphatic heterocycles. The number of carbonyl (C=O) groups is 1. The van der Waals surface area contributed by atoms with E-state index in [0.29, 0.717) is 11.7 Å². The Labute approximate surface area is 139 Å². The lowest BCUT2D eigenvalue weighted by Gasteiger charge is -1.99. The third kappa shape index (κ3) is 5.07. The fraction of sp³-hybridized carbons (Fsp3) is 0.312. The van der Waals surface area contributed by atoms with Crippen LogP contribution in [0.5, 0.6) is 5.75 Å². The molecule has 23 heavy (non-hydrogen) atoms. The second-order valence-electron chi connectivity index (χ2n) is 4.65. The number of nitrogens with one attached hydrogen (secondary N) is 1. The summed E-state index contributed by atoms with van der Waals surface area (Å²) < 4.78 is 10.0. The molecule has 0 bridgehead atoms. The number of thiazole rings is 1. The van der Waals surface area contributed by atoms with Gasteiger partial charge in [0.05, 0.1) is 32.0 Å². The van der Waals surface area contributed by atoms with Gasteiger partial charge in [0, 0.05) is 4.88 Å². The minimum atomic E-state index is -0.243. The average molecular weight is 333 g/mol. The van der Waals surface area contributed by atoms with Gasteiger partial charge in [-0.15, -0.1) is 0 Å². The van der Waals surface area contributed by atoms with E-state index < -0.39 is 0 Å². The van der Waals surface area contributed by atoms with Crippen molar-refractivity contribution >= 4 is 28.7 Å². The quantitative estimate of drug-likeness (QED) is 0.479. The fourth-order valence-electron chi connectivity index (χ4n) is 1.83. The number of benzene rings is 1. The van der Waals surface area contributed by atoms with Gasteiger partial charge in [0.15, 0.2) is 0 Å². The number of hydrogen-bond donors (Lipinski definition) is 1. The van der Waals surface area contributed by atoms with Gasteiger partial charge >= 0.3 is 5.97 Å². The van der Waals surface area contributed by atoms with Crippen LogP contribution < -0.4 is 10.2 Å². The van der Waals surface area contributed by atoms with Gasteiger partial charge in [0.1, 0.15) is 5.75 Å². The lowest BCUT2D eigenvalue weighted by Crippen LogP contribution is -2.07. The average Bonchev–Trinajstić information content (AvgIpc) is 2.88. The highest BCUT2D eigenvalue weighted by Gasteiger charge is 2.12. The zero-order chi connectivity index (χ0) is 16.7. The Morgan fingerprint density at radius 1 is 1.39 bits per heavy atom. The predicted octanol–water partition coefficient (Wildman–Crippen LogP) is 3.01. The third-order valence-corrected chi connectivity index (χ3v) is 4.05. The molecule has 0 aliphatic rings. The van der Waals surface area contributed by atoms with Crippen molar-refractivity contribution in [1.29, 1.82) is 0 Å². The summed E-state index contributed by atoms with van der Waals surface area (Å²) in [5, 5.41) is 4.80. The lowest BCUT2D eigenvalue weighted by atomic mass is 10.2. The first-order valence-electron chi connectivity index (χ1n) is 7.17. The third-order valence-electron chi connectivity index (χ3n) is 2.99. The maximum atomic E-state index is 11.5. The number of aryl methyl sites for hydroxylation is 1. The molecule has 2 rings (SSSR count). The maximum absolute atomic E-state index is 11.5. The molecular formula is C16H19N3O3S. The fourth-order valence-corrected chi connectivity index (χ4v) is 2.73. The van der Waals surface area contributed by atoms with Crippen molar-refractivity contribution in [3.63, 3.8) is 0 Å². The van der Waals surface area contributed by atoms with Crippen molar-refractivity contribution in [1.82, 2.24) is 4.98 Å². The van der Waals surface area contributed by atoms with Gasteiger partial charge < -0.3 is 9.47 Å². The minimum absolute atomic E-state index is 0.237. The molecule has 1 heterocycles. The van der Waals surface area contributed by atoms with Crippen LogP contribution in [-0.4, -0.2) is 30.9 Å². The molecule has 1 aromatic carbocycles. The van der Waals surface area contributed by atoms with Crippen LogP contribution in [-0.2, 0) is 16.0 Å². The standard InChI is InChI=1S/C16H19N3O3S/c1-4-22-15(20)9-14-11(2)18-16(23-14)19-17-10-12-5-7-13(21-3)8-6-12/h5-8,10H,4,9H2,1-3H3,(H,18,19)/b17-10+. The molecule has 0 radical (unpaired) electrons. The summed E-state index contributed by atoms with van der Waals surface area (Å²) in [6.45, 7) is 4.04. The van der Waals surface area contributed by atoms with E-state index in [1.54, 1.807) is 20.2 Å². The molecule has 6 nitrogen and oxygen atoms in total.